The zero-order chi connectivity index (χ0) is 14.6. The van der Waals surface area contributed by atoms with Crippen molar-refractivity contribution in [3.05, 3.63) is 29.8 Å². The fraction of sp³-hybridized carbons (Fsp3) is 0.600. The summed E-state index contributed by atoms with van der Waals surface area (Å²) in [6, 6.07) is 7.58. The van der Waals surface area contributed by atoms with Gasteiger partial charge < -0.3 is 5.32 Å². The first-order valence-electron chi connectivity index (χ1n) is 7.35. The predicted molar refractivity (Wildman–Crippen MR) is 81.3 cm³/mol. The van der Waals surface area contributed by atoms with Crippen molar-refractivity contribution in [2.75, 3.05) is 20.1 Å². The Morgan fingerprint density at radius 2 is 1.90 bits per heavy atom. The Bertz CT molecular complexity index is 521. The molecule has 0 aliphatic heterocycles. The second-order valence-electron chi connectivity index (χ2n) is 5.29. The van der Waals surface area contributed by atoms with Crippen molar-refractivity contribution in [3.63, 3.8) is 0 Å². The minimum absolute atomic E-state index is 0.223. The predicted octanol–water partition coefficient (Wildman–Crippen LogP) is 2.01. The molecule has 0 atom stereocenters. The highest BCUT2D eigenvalue weighted by atomic mass is 32.2. The Morgan fingerprint density at radius 3 is 2.40 bits per heavy atom. The third-order valence-corrected chi connectivity index (χ3v) is 5.73. The van der Waals surface area contributed by atoms with E-state index in [0.29, 0.717) is 11.4 Å². The molecule has 2 rings (SSSR count). The van der Waals surface area contributed by atoms with E-state index in [2.05, 4.69) is 5.32 Å². The van der Waals surface area contributed by atoms with Gasteiger partial charge in [0.25, 0.3) is 0 Å². The quantitative estimate of drug-likeness (QED) is 0.747. The summed E-state index contributed by atoms with van der Waals surface area (Å²) in [4.78, 5) is 0.420. The number of benzene rings is 1. The molecule has 112 valence electrons. The van der Waals surface area contributed by atoms with Gasteiger partial charge in [-0.3, -0.25) is 0 Å². The molecule has 0 unspecified atom stereocenters. The average molecular weight is 296 g/mol. The van der Waals surface area contributed by atoms with Crippen LogP contribution in [0.2, 0.25) is 0 Å². The van der Waals surface area contributed by atoms with E-state index in [1.54, 1.807) is 16.4 Å². The summed E-state index contributed by atoms with van der Waals surface area (Å²) < 4.78 is 26.7. The highest BCUT2D eigenvalue weighted by Gasteiger charge is 2.36. The van der Waals surface area contributed by atoms with E-state index in [0.717, 1.165) is 32.2 Å². The van der Waals surface area contributed by atoms with Gasteiger partial charge in [0.1, 0.15) is 0 Å². The zero-order valence-electron chi connectivity index (χ0n) is 12.3. The van der Waals surface area contributed by atoms with Gasteiger partial charge in [-0.05, 0) is 57.0 Å². The van der Waals surface area contributed by atoms with Gasteiger partial charge in [0.2, 0.25) is 10.0 Å². The summed E-state index contributed by atoms with van der Waals surface area (Å²) in [6.07, 6.45) is 4.03. The van der Waals surface area contributed by atoms with Crippen molar-refractivity contribution in [3.8, 4) is 0 Å². The lowest BCUT2D eigenvalue weighted by Gasteiger charge is -2.20. The van der Waals surface area contributed by atoms with Crippen LogP contribution in [0.3, 0.4) is 0 Å². The highest BCUT2D eigenvalue weighted by Crippen LogP contribution is 2.31. The minimum atomic E-state index is -3.31. The zero-order valence-corrected chi connectivity index (χ0v) is 13.1. The van der Waals surface area contributed by atoms with E-state index in [1.807, 2.05) is 26.1 Å². The smallest absolute Gasteiger partial charge is 0.243 e. The third-order valence-electron chi connectivity index (χ3n) is 3.69. The van der Waals surface area contributed by atoms with Crippen molar-refractivity contribution in [1.29, 1.82) is 0 Å². The van der Waals surface area contributed by atoms with Gasteiger partial charge in [-0.1, -0.05) is 19.1 Å². The summed E-state index contributed by atoms with van der Waals surface area (Å²) in [6.45, 7) is 3.43. The average Bonchev–Trinajstić information content (AvgIpc) is 3.25. The molecular weight excluding hydrogens is 272 g/mol. The molecule has 4 nitrogen and oxygen atoms in total. The Morgan fingerprint density at radius 1 is 1.25 bits per heavy atom. The molecule has 0 aromatic heterocycles. The molecule has 1 aromatic rings. The number of nitrogens with one attached hydrogen (secondary N) is 1. The first-order valence-corrected chi connectivity index (χ1v) is 8.79. The summed E-state index contributed by atoms with van der Waals surface area (Å²) in [5.41, 5.74) is 1.19. The van der Waals surface area contributed by atoms with E-state index >= 15 is 0 Å². The van der Waals surface area contributed by atoms with Crippen LogP contribution in [0.5, 0.6) is 0 Å². The minimum Gasteiger partial charge on any atom is -0.320 e. The van der Waals surface area contributed by atoms with Gasteiger partial charge in [-0.15, -0.1) is 0 Å². The van der Waals surface area contributed by atoms with Crippen molar-refractivity contribution in [2.45, 2.75) is 43.5 Å². The Balaban J connectivity index is 2.08. The van der Waals surface area contributed by atoms with Crippen molar-refractivity contribution >= 4 is 10.0 Å². The molecule has 1 N–H and O–H groups in total. The molecule has 0 heterocycles. The number of sulfonamides is 1. The van der Waals surface area contributed by atoms with Crippen LogP contribution in [0.15, 0.2) is 29.2 Å². The van der Waals surface area contributed by atoms with E-state index < -0.39 is 10.0 Å². The van der Waals surface area contributed by atoms with Gasteiger partial charge in [-0.2, -0.15) is 4.31 Å². The van der Waals surface area contributed by atoms with Crippen molar-refractivity contribution in [1.82, 2.24) is 9.62 Å². The standard InChI is InChI=1S/C15H24N2O2S/c1-3-17(14-8-9-14)20(18,19)15-10-6-13(7-11-15)5-4-12-16-2/h6-7,10-11,14,16H,3-5,8-9,12H2,1-2H3. The topological polar surface area (TPSA) is 49.4 Å². The van der Waals surface area contributed by atoms with E-state index in [9.17, 15) is 8.42 Å². The Hall–Kier alpha value is -0.910. The molecule has 5 heteroatoms. The molecule has 0 radical (unpaired) electrons. The number of rotatable bonds is 8. The molecule has 0 saturated heterocycles. The SMILES string of the molecule is CCN(C1CC1)S(=O)(=O)c1ccc(CCCNC)cc1. The summed E-state index contributed by atoms with van der Waals surface area (Å²) in [5, 5.41) is 3.11. The number of hydrogen-bond acceptors (Lipinski definition) is 3. The van der Waals surface area contributed by atoms with E-state index in [4.69, 9.17) is 0 Å². The number of hydrogen-bond donors (Lipinski definition) is 1. The lowest BCUT2D eigenvalue weighted by Crippen LogP contribution is -2.32. The third kappa shape index (κ3) is 3.59. The van der Waals surface area contributed by atoms with Crippen LogP contribution in [0, 0.1) is 0 Å². The maximum Gasteiger partial charge on any atom is 0.243 e. The molecule has 0 spiro atoms. The molecule has 1 aliphatic carbocycles. The van der Waals surface area contributed by atoms with Crippen LogP contribution in [0.1, 0.15) is 31.7 Å². The van der Waals surface area contributed by atoms with E-state index in [-0.39, 0.29) is 6.04 Å². The molecular formula is C15H24N2O2S. The fourth-order valence-electron chi connectivity index (χ4n) is 2.42. The summed E-state index contributed by atoms with van der Waals surface area (Å²) in [7, 11) is -1.37. The normalized spacial score (nSPS) is 15.8. The lowest BCUT2D eigenvalue weighted by atomic mass is 10.1. The second kappa shape index (κ2) is 6.70. The lowest BCUT2D eigenvalue weighted by molar-refractivity contribution is 0.421. The summed E-state index contributed by atoms with van der Waals surface area (Å²) in [5.74, 6) is 0. The highest BCUT2D eigenvalue weighted by molar-refractivity contribution is 7.89. The second-order valence-corrected chi connectivity index (χ2v) is 7.18. The largest absolute Gasteiger partial charge is 0.320 e. The molecule has 20 heavy (non-hydrogen) atoms. The van der Waals surface area contributed by atoms with Crippen LogP contribution in [0.25, 0.3) is 0 Å². The van der Waals surface area contributed by atoms with E-state index in [1.165, 1.54) is 5.56 Å². The van der Waals surface area contributed by atoms with Gasteiger partial charge in [0.15, 0.2) is 0 Å². The van der Waals surface area contributed by atoms with Gasteiger partial charge >= 0.3 is 0 Å². The first kappa shape index (κ1) is 15.5. The summed E-state index contributed by atoms with van der Waals surface area (Å²) >= 11 is 0. The van der Waals surface area contributed by atoms with Crippen LogP contribution in [-0.4, -0.2) is 38.9 Å². The molecule has 1 aromatic carbocycles. The van der Waals surface area contributed by atoms with Crippen LogP contribution in [0.4, 0.5) is 0 Å². The van der Waals surface area contributed by atoms with Gasteiger partial charge in [-0.25, -0.2) is 8.42 Å². The van der Waals surface area contributed by atoms with Gasteiger partial charge in [0.05, 0.1) is 4.90 Å². The molecule has 1 fully saturated rings. The van der Waals surface area contributed by atoms with Crippen LogP contribution >= 0.6 is 0 Å². The number of aryl methyl sites for hydroxylation is 1. The maximum atomic E-state index is 12.5. The number of nitrogens with zero attached hydrogens (tertiary/aromatic N) is 1. The monoisotopic (exact) mass is 296 g/mol. The van der Waals surface area contributed by atoms with Crippen molar-refractivity contribution in [2.24, 2.45) is 0 Å². The molecule has 1 aliphatic rings. The molecule has 0 bridgehead atoms. The Labute approximate surface area is 122 Å². The van der Waals surface area contributed by atoms with Gasteiger partial charge in [0, 0.05) is 12.6 Å². The van der Waals surface area contributed by atoms with Crippen LogP contribution in [-0.2, 0) is 16.4 Å². The van der Waals surface area contributed by atoms with Crippen LogP contribution < -0.4 is 5.32 Å². The van der Waals surface area contributed by atoms with Crippen molar-refractivity contribution < 1.29 is 8.42 Å². The Kier molecular flexibility index (Phi) is 5.18. The first-order chi connectivity index (χ1) is 9.59. The molecule has 1 saturated carbocycles. The molecule has 0 amide bonds. The maximum absolute atomic E-state index is 12.5. The fourth-order valence-corrected chi connectivity index (χ4v) is 4.11.